The molecule has 4 saturated carbocycles. The van der Waals surface area contributed by atoms with Gasteiger partial charge in [0.25, 0.3) is 0 Å². The number of hydrogen-bond donors (Lipinski definition) is 0. The maximum absolute atomic E-state index is 2.60. The zero-order valence-electron chi connectivity index (χ0n) is 12.7. The molecule has 1 spiro atoms. The highest BCUT2D eigenvalue weighted by Gasteiger charge is 2.93. The minimum absolute atomic E-state index is 0.570. The van der Waals surface area contributed by atoms with E-state index in [1.54, 1.807) is 5.56 Å². The zero-order valence-corrected chi connectivity index (χ0v) is 12.7. The van der Waals surface area contributed by atoms with Crippen LogP contribution in [0.3, 0.4) is 0 Å². The maximum atomic E-state index is 2.60. The fourth-order valence-electron chi connectivity index (χ4n) is 7.24. The Labute approximate surface area is 122 Å². The lowest BCUT2D eigenvalue weighted by Crippen LogP contribution is -2.92. The van der Waals surface area contributed by atoms with Crippen LogP contribution in [0.2, 0.25) is 0 Å². The van der Waals surface area contributed by atoms with E-state index >= 15 is 0 Å². The standard InChI is InChI=1S/C20H24/c1-3-4-10-15-16-11-18(2)13-19(12-17(15)20(16,18)19)14-8-6-5-7-9-14/h5-10,16-17H,3-4,11-13H2,1-2H3/b15-10-. The summed E-state index contributed by atoms with van der Waals surface area (Å²) in [5.41, 5.74) is 5.45. The average Bonchev–Trinajstić information content (AvgIpc) is 2.42. The molecule has 5 unspecified atom stereocenters. The first-order chi connectivity index (χ1) is 9.70. The topological polar surface area (TPSA) is 0 Å². The van der Waals surface area contributed by atoms with Gasteiger partial charge in [-0.3, -0.25) is 0 Å². The second-order valence-corrected chi connectivity index (χ2v) is 8.06. The second kappa shape index (κ2) is 3.24. The van der Waals surface area contributed by atoms with E-state index in [1.165, 1.54) is 32.1 Å². The Hall–Kier alpha value is -1.04. The van der Waals surface area contributed by atoms with Crippen molar-refractivity contribution in [3.63, 3.8) is 0 Å². The summed E-state index contributed by atoms with van der Waals surface area (Å²) in [6.07, 6.45) is 9.59. The summed E-state index contributed by atoms with van der Waals surface area (Å²) in [4.78, 5) is 0. The molecule has 5 rings (SSSR count). The lowest BCUT2D eigenvalue weighted by atomic mass is 9.07. The molecule has 4 aliphatic carbocycles. The van der Waals surface area contributed by atoms with Gasteiger partial charge >= 0.3 is 0 Å². The van der Waals surface area contributed by atoms with Gasteiger partial charge in [0.1, 0.15) is 0 Å². The first-order valence-corrected chi connectivity index (χ1v) is 8.45. The molecule has 0 saturated heterocycles. The highest BCUT2D eigenvalue weighted by atomic mass is 15.0. The van der Waals surface area contributed by atoms with E-state index in [0.717, 1.165) is 11.8 Å². The van der Waals surface area contributed by atoms with Crippen molar-refractivity contribution in [2.24, 2.45) is 22.7 Å². The molecule has 0 amide bonds. The van der Waals surface area contributed by atoms with Gasteiger partial charge in [-0.2, -0.15) is 0 Å². The molecule has 104 valence electrons. The van der Waals surface area contributed by atoms with Crippen LogP contribution in [0.15, 0.2) is 42.0 Å². The molecule has 0 bridgehead atoms. The summed E-state index contributed by atoms with van der Waals surface area (Å²) in [5.74, 6) is 1.90. The molecule has 0 heteroatoms. The fourth-order valence-corrected chi connectivity index (χ4v) is 7.24. The van der Waals surface area contributed by atoms with Crippen molar-refractivity contribution in [1.29, 1.82) is 0 Å². The van der Waals surface area contributed by atoms with Gasteiger partial charge in [-0.1, -0.05) is 62.2 Å². The van der Waals surface area contributed by atoms with E-state index in [9.17, 15) is 0 Å². The Kier molecular flexibility index (Phi) is 1.88. The Morgan fingerprint density at radius 3 is 2.55 bits per heavy atom. The van der Waals surface area contributed by atoms with Crippen LogP contribution < -0.4 is 0 Å². The van der Waals surface area contributed by atoms with E-state index in [-0.39, 0.29) is 0 Å². The summed E-state index contributed by atoms with van der Waals surface area (Å²) < 4.78 is 0. The van der Waals surface area contributed by atoms with Crippen LogP contribution in [0.5, 0.6) is 0 Å². The molecule has 0 N–H and O–H groups in total. The average molecular weight is 264 g/mol. The molecular weight excluding hydrogens is 240 g/mol. The molecule has 5 atom stereocenters. The van der Waals surface area contributed by atoms with E-state index < -0.39 is 0 Å². The highest BCUT2D eigenvalue weighted by Crippen LogP contribution is 2.98. The van der Waals surface area contributed by atoms with Crippen molar-refractivity contribution in [2.45, 2.75) is 51.4 Å². The molecule has 1 aromatic carbocycles. The molecule has 0 nitrogen and oxygen atoms in total. The third-order valence-electron chi connectivity index (χ3n) is 7.59. The second-order valence-electron chi connectivity index (χ2n) is 8.06. The summed E-state index contributed by atoms with van der Waals surface area (Å²) in [7, 11) is 0. The molecule has 4 fully saturated rings. The van der Waals surface area contributed by atoms with Gasteiger partial charge in [-0.05, 0) is 53.9 Å². The summed E-state index contributed by atoms with van der Waals surface area (Å²) in [6.45, 7) is 4.88. The van der Waals surface area contributed by atoms with Crippen LogP contribution in [0.1, 0.15) is 51.5 Å². The maximum Gasteiger partial charge on any atom is 0.00374 e. The van der Waals surface area contributed by atoms with Crippen LogP contribution in [0.25, 0.3) is 0 Å². The predicted octanol–water partition coefficient (Wildman–Crippen LogP) is 5.10. The Bertz CT molecular complexity index is 602. The van der Waals surface area contributed by atoms with Gasteiger partial charge < -0.3 is 0 Å². The van der Waals surface area contributed by atoms with Gasteiger partial charge in [-0.25, -0.2) is 0 Å². The van der Waals surface area contributed by atoms with Crippen LogP contribution in [-0.4, -0.2) is 0 Å². The highest BCUT2D eigenvalue weighted by molar-refractivity contribution is 5.59. The first kappa shape index (κ1) is 11.6. The van der Waals surface area contributed by atoms with Crippen molar-refractivity contribution >= 4 is 0 Å². The third-order valence-corrected chi connectivity index (χ3v) is 7.59. The molecule has 1 aromatic rings. The molecule has 0 aliphatic heterocycles. The van der Waals surface area contributed by atoms with Crippen molar-refractivity contribution in [3.05, 3.63) is 47.5 Å². The predicted molar refractivity (Wildman–Crippen MR) is 82.5 cm³/mol. The van der Waals surface area contributed by atoms with E-state index in [2.05, 4.69) is 50.3 Å². The van der Waals surface area contributed by atoms with Gasteiger partial charge in [0, 0.05) is 5.41 Å². The Morgan fingerprint density at radius 1 is 1.15 bits per heavy atom. The fraction of sp³-hybridized carbons (Fsp3) is 0.600. The van der Waals surface area contributed by atoms with Crippen molar-refractivity contribution in [3.8, 4) is 0 Å². The van der Waals surface area contributed by atoms with E-state index in [1.807, 2.05) is 5.57 Å². The number of unbranched alkanes of at least 4 members (excludes halogenated alkanes) is 1. The number of allylic oxidation sites excluding steroid dienone is 2. The molecule has 0 heterocycles. The Morgan fingerprint density at radius 2 is 1.90 bits per heavy atom. The normalized spacial score (nSPS) is 52.0. The van der Waals surface area contributed by atoms with Crippen LogP contribution in [0, 0.1) is 22.7 Å². The number of rotatable bonds is 3. The van der Waals surface area contributed by atoms with Gasteiger partial charge in [0.2, 0.25) is 0 Å². The van der Waals surface area contributed by atoms with E-state index in [0.29, 0.717) is 16.2 Å². The molecule has 0 radical (unpaired) electrons. The molecule has 20 heavy (non-hydrogen) atoms. The van der Waals surface area contributed by atoms with Gasteiger partial charge in [0.05, 0.1) is 0 Å². The monoisotopic (exact) mass is 264 g/mol. The first-order valence-electron chi connectivity index (χ1n) is 8.45. The summed E-state index contributed by atoms with van der Waals surface area (Å²) >= 11 is 0. The van der Waals surface area contributed by atoms with Gasteiger partial charge in [0.15, 0.2) is 0 Å². The molecular formula is C20H24. The molecule has 0 aromatic heterocycles. The largest absolute Gasteiger partial charge is 0.0847 e. The third kappa shape index (κ3) is 0.858. The minimum Gasteiger partial charge on any atom is -0.0847 e. The lowest BCUT2D eigenvalue weighted by Gasteiger charge is -2.96. The summed E-state index contributed by atoms with van der Waals surface area (Å²) in [6, 6.07) is 11.4. The van der Waals surface area contributed by atoms with Crippen molar-refractivity contribution in [2.75, 3.05) is 0 Å². The quantitative estimate of drug-likeness (QED) is 0.666. The number of benzene rings is 1. The SMILES string of the molecule is CCC/C=C1/C2CC3(C)CC4(c5ccccc5)CC1C234. The Balaban J connectivity index is 1.54. The smallest absolute Gasteiger partial charge is 0.00374 e. The van der Waals surface area contributed by atoms with Gasteiger partial charge in [-0.15, -0.1) is 0 Å². The van der Waals surface area contributed by atoms with E-state index in [4.69, 9.17) is 0 Å². The van der Waals surface area contributed by atoms with Crippen molar-refractivity contribution < 1.29 is 0 Å². The van der Waals surface area contributed by atoms with Crippen LogP contribution in [-0.2, 0) is 5.41 Å². The minimum atomic E-state index is 0.570. The lowest BCUT2D eigenvalue weighted by molar-refractivity contribution is -0.408. The van der Waals surface area contributed by atoms with Crippen LogP contribution in [0.4, 0.5) is 0 Å². The van der Waals surface area contributed by atoms with Crippen molar-refractivity contribution in [1.82, 2.24) is 0 Å². The summed E-state index contributed by atoms with van der Waals surface area (Å²) in [5, 5.41) is 0. The molecule has 4 aliphatic rings. The zero-order chi connectivity index (χ0) is 13.6. The van der Waals surface area contributed by atoms with Crippen LogP contribution >= 0.6 is 0 Å². The number of hydrogen-bond acceptors (Lipinski definition) is 0.